The van der Waals surface area contributed by atoms with E-state index < -0.39 is 5.91 Å². The first-order chi connectivity index (χ1) is 16.9. The van der Waals surface area contributed by atoms with Crippen molar-refractivity contribution < 1.29 is 9.59 Å². The van der Waals surface area contributed by atoms with Crippen molar-refractivity contribution in [3.63, 3.8) is 0 Å². The number of hydrogen-bond acceptors (Lipinski definition) is 5. The van der Waals surface area contributed by atoms with E-state index >= 15 is 0 Å². The highest BCUT2D eigenvalue weighted by Gasteiger charge is 2.20. The van der Waals surface area contributed by atoms with E-state index in [9.17, 15) is 14.4 Å². The van der Waals surface area contributed by atoms with Gasteiger partial charge in [0.2, 0.25) is 5.91 Å². The van der Waals surface area contributed by atoms with Crippen LogP contribution in [0.2, 0.25) is 0 Å². The molecule has 2 aromatic carbocycles. The summed E-state index contributed by atoms with van der Waals surface area (Å²) in [4.78, 5) is 36.8. The Hall–Kier alpha value is -4.44. The van der Waals surface area contributed by atoms with Crippen LogP contribution in [0, 0.1) is 0 Å². The molecule has 5 rings (SSSR count). The number of nitrogens with zero attached hydrogens (tertiary/aromatic N) is 4. The number of thiophene rings is 1. The number of primary amides is 1. The second kappa shape index (κ2) is 8.73. The van der Waals surface area contributed by atoms with Crippen molar-refractivity contribution >= 4 is 39.1 Å². The largest absolute Gasteiger partial charge is 0.366 e. The lowest BCUT2D eigenvalue weighted by Gasteiger charge is -2.11. The maximum atomic E-state index is 13.1. The molecule has 0 saturated heterocycles. The number of amides is 2. The van der Waals surface area contributed by atoms with Gasteiger partial charge in [-0.05, 0) is 48.9 Å². The minimum absolute atomic E-state index is 0.216. The van der Waals surface area contributed by atoms with Crippen LogP contribution in [0.1, 0.15) is 27.6 Å². The smallest absolute Gasteiger partial charge is 0.350 e. The summed E-state index contributed by atoms with van der Waals surface area (Å²) in [6, 6.07) is 16.3. The van der Waals surface area contributed by atoms with Gasteiger partial charge >= 0.3 is 5.69 Å². The van der Waals surface area contributed by atoms with Crippen LogP contribution in [0.25, 0.3) is 27.2 Å². The first-order valence-corrected chi connectivity index (χ1v) is 11.8. The van der Waals surface area contributed by atoms with Crippen molar-refractivity contribution in [2.24, 2.45) is 12.8 Å². The molecule has 10 heteroatoms. The maximum absolute atomic E-state index is 13.1. The molecule has 0 radical (unpaired) electrons. The first-order valence-electron chi connectivity index (χ1n) is 10.9. The van der Waals surface area contributed by atoms with Gasteiger partial charge < -0.3 is 15.6 Å². The second-order valence-electron chi connectivity index (χ2n) is 7.99. The fraction of sp³-hybridized carbons (Fsp3) is 0.120. The van der Waals surface area contributed by atoms with Gasteiger partial charge in [-0.1, -0.05) is 18.2 Å². The molecule has 0 atom stereocenters. The fourth-order valence-electron chi connectivity index (χ4n) is 4.10. The minimum atomic E-state index is -0.553. The molecule has 9 nitrogen and oxygen atoms in total. The van der Waals surface area contributed by atoms with E-state index in [1.165, 1.54) is 26.9 Å². The zero-order valence-electron chi connectivity index (χ0n) is 19.1. The summed E-state index contributed by atoms with van der Waals surface area (Å²) in [5.41, 5.74) is 10.0. The summed E-state index contributed by atoms with van der Waals surface area (Å²) in [6.07, 6.45) is 1.49. The van der Waals surface area contributed by atoms with Gasteiger partial charge in [0, 0.05) is 35.9 Å². The number of benzene rings is 2. The lowest BCUT2D eigenvalue weighted by Crippen LogP contribution is -2.21. The summed E-state index contributed by atoms with van der Waals surface area (Å²) in [6.45, 7) is 2.69. The third kappa shape index (κ3) is 3.93. The normalized spacial score (nSPS) is 11.1. The first kappa shape index (κ1) is 22.4. The van der Waals surface area contributed by atoms with Gasteiger partial charge in [0.25, 0.3) is 5.91 Å². The Morgan fingerprint density at radius 2 is 1.89 bits per heavy atom. The Morgan fingerprint density at radius 3 is 2.54 bits per heavy atom. The van der Waals surface area contributed by atoms with E-state index in [0.29, 0.717) is 23.4 Å². The van der Waals surface area contributed by atoms with Crippen LogP contribution < -0.4 is 16.7 Å². The van der Waals surface area contributed by atoms with Gasteiger partial charge in [-0.2, -0.15) is 5.10 Å². The number of nitrogens with two attached hydrogens (primary N) is 1. The standard InChI is InChI=1S/C25H22N6O3S/c1-3-30-20(15-7-9-18(10-8-15)31-14-27-29(2)25(31)34)12-21-22(30)19(13-35-21)24(33)28-17-6-4-5-16(11-17)23(26)32/h4-14H,3H2,1-2H3,(H2,26,32)(H,28,33). The number of nitrogens with one attached hydrogen (secondary N) is 1. The summed E-state index contributed by atoms with van der Waals surface area (Å²) in [5, 5.41) is 8.71. The Balaban J connectivity index is 1.49. The van der Waals surface area contributed by atoms with Crippen molar-refractivity contribution in [2.45, 2.75) is 13.5 Å². The van der Waals surface area contributed by atoms with Crippen LogP contribution in [0.5, 0.6) is 0 Å². The molecular formula is C25H22N6O3S. The van der Waals surface area contributed by atoms with Crippen LogP contribution in [-0.4, -0.2) is 30.7 Å². The van der Waals surface area contributed by atoms with E-state index in [1.54, 1.807) is 31.3 Å². The van der Waals surface area contributed by atoms with Gasteiger partial charge in [0.05, 0.1) is 21.5 Å². The maximum Gasteiger partial charge on any atom is 0.350 e. The topological polar surface area (TPSA) is 117 Å². The molecule has 0 aliphatic carbocycles. The highest BCUT2D eigenvalue weighted by Crippen LogP contribution is 2.35. The molecule has 0 aliphatic rings. The summed E-state index contributed by atoms with van der Waals surface area (Å²) in [5.74, 6) is -0.813. The molecule has 3 N–H and O–H groups in total. The molecule has 0 aliphatic heterocycles. The predicted molar refractivity (Wildman–Crippen MR) is 136 cm³/mol. The van der Waals surface area contributed by atoms with Gasteiger partial charge in [0.1, 0.15) is 6.33 Å². The number of rotatable bonds is 6. The number of aryl methyl sites for hydroxylation is 2. The van der Waals surface area contributed by atoms with Crippen molar-refractivity contribution in [1.29, 1.82) is 0 Å². The van der Waals surface area contributed by atoms with Crippen LogP contribution in [0.4, 0.5) is 5.69 Å². The Bertz CT molecular complexity index is 1640. The third-order valence-electron chi connectivity index (χ3n) is 5.85. The highest BCUT2D eigenvalue weighted by atomic mass is 32.1. The number of carbonyl (C=O) groups is 2. The summed E-state index contributed by atoms with van der Waals surface area (Å²) in [7, 11) is 1.61. The lowest BCUT2D eigenvalue weighted by atomic mass is 10.1. The number of anilines is 1. The summed E-state index contributed by atoms with van der Waals surface area (Å²) < 4.78 is 5.86. The quantitative estimate of drug-likeness (QED) is 0.381. The molecule has 35 heavy (non-hydrogen) atoms. The zero-order valence-corrected chi connectivity index (χ0v) is 19.9. The Morgan fingerprint density at radius 1 is 1.11 bits per heavy atom. The molecule has 176 valence electrons. The van der Waals surface area contributed by atoms with Gasteiger partial charge in [0.15, 0.2) is 0 Å². The molecule has 3 heterocycles. The Kier molecular flexibility index (Phi) is 5.58. The lowest BCUT2D eigenvalue weighted by molar-refractivity contribution is 0.0996. The van der Waals surface area contributed by atoms with Gasteiger partial charge in [-0.3, -0.25) is 9.59 Å². The number of aromatic nitrogens is 4. The average molecular weight is 487 g/mol. The molecule has 2 amide bonds. The number of hydrogen-bond donors (Lipinski definition) is 2. The van der Waals surface area contributed by atoms with Crippen LogP contribution in [-0.2, 0) is 13.6 Å². The third-order valence-corrected chi connectivity index (χ3v) is 6.77. The van der Waals surface area contributed by atoms with Gasteiger partial charge in [-0.15, -0.1) is 11.3 Å². The van der Waals surface area contributed by atoms with Crippen molar-refractivity contribution in [2.75, 3.05) is 5.32 Å². The van der Waals surface area contributed by atoms with E-state index in [2.05, 4.69) is 21.0 Å². The van der Waals surface area contributed by atoms with Crippen molar-refractivity contribution in [3.05, 3.63) is 87.9 Å². The number of fused-ring (bicyclic) bond motifs is 1. The highest BCUT2D eigenvalue weighted by molar-refractivity contribution is 7.17. The van der Waals surface area contributed by atoms with E-state index in [4.69, 9.17) is 5.73 Å². The number of carbonyl (C=O) groups excluding carboxylic acids is 2. The van der Waals surface area contributed by atoms with E-state index in [0.717, 1.165) is 27.2 Å². The van der Waals surface area contributed by atoms with Crippen LogP contribution in [0.15, 0.2) is 71.1 Å². The molecule has 0 bridgehead atoms. The minimum Gasteiger partial charge on any atom is -0.366 e. The molecule has 0 saturated carbocycles. The zero-order chi connectivity index (χ0) is 24.7. The molecule has 5 aromatic rings. The molecular weight excluding hydrogens is 464 g/mol. The SMILES string of the molecule is CCn1c(-c2ccc(-n3cnn(C)c3=O)cc2)cc2scc(C(=O)Nc3cccc(C(N)=O)c3)c21. The van der Waals surface area contributed by atoms with Crippen molar-refractivity contribution in [1.82, 2.24) is 18.9 Å². The predicted octanol–water partition coefficient (Wildman–Crippen LogP) is 3.63. The van der Waals surface area contributed by atoms with Gasteiger partial charge in [-0.25, -0.2) is 14.0 Å². The molecule has 0 fully saturated rings. The molecule has 0 spiro atoms. The van der Waals surface area contributed by atoms with Crippen LogP contribution >= 0.6 is 11.3 Å². The average Bonchev–Trinajstić information content (AvgIpc) is 3.53. The monoisotopic (exact) mass is 486 g/mol. The van der Waals surface area contributed by atoms with Crippen LogP contribution in [0.3, 0.4) is 0 Å². The van der Waals surface area contributed by atoms with E-state index in [1.807, 2.05) is 36.6 Å². The second-order valence-corrected chi connectivity index (χ2v) is 8.90. The molecule has 3 aromatic heterocycles. The Labute approximate surface area is 204 Å². The van der Waals surface area contributed by atoms with E-state index in [-0.39, 0.29) is 11.6 Å². The molecule has 0 unspecified atom stereocenters. The van der Waals surface area contributed by atoms with Crippen molar-refractivity contribution in [3.8, 4) is 16.9 Å². The fourth-order valence-corrected chi connectivity index (χ4v) is 5.08. The summed E-state index contributed by atoms with van der Waals surface area (Å²) >= 11 is 1.50.